The zero-order valence-electron chi connectivity index (χ0n) is 7.20. The topological polar surface area (TPSA) is 31.4 Å². The molecule has 1 rings (SSSR count). The molecule has 3 nitrogen and oxygen atoms in total. The molecule has 1 aromatic rings. The van der Waals surface area contributed by atoms with Crippen LogP contribution < -0.4 is 14.9 Å². The highest BCUT2D eigenvalue weighted by atomic mass is 16.5. The molecule has 1 heterocycles. The number of hydrogen-bond acceptors (Lipinski definition) is 3. The van der Waals surface area contributed by atoms with Crippen LogP contribution in [-0.4, -0.2) is 26.5 Å². The van der Waals surface area contributed by atoms with Crippen LogP contribution in [-0.2, 0) is 0 Å². The third kappa shape index (κ3) is 1.90. The smallest absolute Gasteiger partial charge is 0.216 e. The van der Waals surface area contributed by atoms with Crippen LogP contribution in [0, 0.1) is 0 Å². The monoisotopic (exact) mass is 163 g/mol. The van der Waals surface area contributed by atoms with E-state index >= 15 is 0 Å². The molecule has 0 amide bonds. The second kappa shape index (κ2) is 4.00. The lowest BCUT2D eigenvalue weighted by molar-refractivity contribution is 0.323. The molecule has 1 aromatic heterocycles. The van der Waals surface area contributed by atoms with Gasteiger partial charge in [-0.2, -0.15) is 0 Å². The molecule has 0 saturated heterocycles. The molecule has 12 heavy (non-hydrogen) atoms. The first kappa shape index (κ1) is 8.91. The minimum Gasteiger partial charge on any atom is -0.497 e. The summed E-state index contributed by atoms with van der Waals surface area (Å²) in [6.45, 7) is 2.48. The lowest BCUT2D eigenvalue weighted by Crippen LogP contribution is -2.09. The van der Waals surface area contributed by atoms with Crippen LogP contribution in [0.4, 0.5) is 0 Å². The zero-order valence-corrected chi connectivity index (χ0v) is 7.20. The fourth-order valence-electron chi connectivity index (χ4n) is 0.833. The maximum atomic E-state index is 5.55. The SMILES string of the molecule is [B]c1cnc(OCC)cc1OC. The maximum absolute atomic E-state index is 5.55. The molecule has 0 saturated carbocycles. The minimum absolute atomic E-state index is 0.515. The van der Waals surface area contributed by atoms with Crippen LogP contribution >= 0.6 is 0 Å². The molecule has 0 aliphatic rings. The standard InChI is InChI=1S/C8H10BNO2/c1-3-12-8-4-7(11-2)6(9)5-10-8/h4-5H,3H2,1-2H3. The van der Waals surface area contributed by atoms with Gasteiger partial charge in [-0.05, 0) is 12.4 Å². The highest BCUT2D eigenvalue weighted by Gasteiger charge is 2.00. The van der Waals surface area contributed by atoms with Gasteiger partial charge in [-0.25, -0.2) is 4.98 Å². The van der Waals surface area contributed by atoms with Gasteiger partial charge in [0.2, 0.25) is 5.88 Å². The van der Waals surface area contributed by atoms with Crippen molar-refractivity contribution in [3.8, 4) is 11.6 Å². The Morgan fingerprint density at radius 1 is 1.58 bits per heavy atom. The molecular formula is C8H10BNO2. The summed E-state index contributed by atoms with van der Waals surface area (Å²) < 4.78 is 10.1. The van der Waals surface area contributed by atoms with Gasteiger partial charge in [0.25, 0.3) is 0 Å². The highest BCUT2D eigenvalue weighted by molar-refractivity contribution is 6.34. The molecule has 0 aliphatic heterocycles. The van der Waals surface area contributed by atoms with E-state index in [9.17, 15) is 0 Å². The van der Waals surface area contributed by atoms with Gasteiger partial charge in [-0.3, -0.25) is 0 Å². The van der Waals surface area contributed by atoms with Gasteiger partial charge in [0, 0.05) is 12.3 Å². The third-order valence-corrected chi connectivity index (χ3v) is 1.38. The largest absolute Gasteiger partial charge is 0.497 e. The molecule has 2 radical (unpaired) electrons. The van der Waals surface area contributed by atoms with Crippen molar-refractivity contribution >= 4 is 13.3 Å². The van der Waals surface area contributed by atoms with Crippen molar-refractivity contribution in [1.82, 2.24) is 4.98 Å². The van der Waals surface area contributed by atoms with E-state index in [1.54, 1.807) is 13.2 Å². The third-order valence-electron chi connectivity index (χ3n) is 1.38. The minimum atomic E-state index is 0.515. The van der Waals surface area contributed by atoms with E-state index in [-0.39, 0.29) is 0 Å². The average Bonchev–Trinajstić information content (AvgIpc) is 2.09. The Morgan fingerprint density at radius 3 is 2.92 bits per heavy atom. The predicted octanol–water partition coefficient (Wildman–Crippen LogP) is 0.283. The van der Waals surface area contributed by atoms with Gasteiger partial charge in [-0.1, -0.05) is 0 Å². The van der Waals surface area contributed by atoms with E-state index in [0.29, 0.717) is 23.7 Å². The van der Waals surface area contributed by atoms with Crippen molar-refractivity contribution in [1.29, 1.82) is 0 Å². The Morgan fingerprint density at radius 2 is 2.33 bits per heavy atom. The maximum Gasteiger partial charge on any atom is 0.216 e. The first-order valence-corrected chi connectivity index (χ1v) is 3.70. The second-order valence-corrected chi connectivity index (χ2v) is 2.20. The van der Waals surface area contributed by atoms with Gasteiger partial charge in [0.05, 0.1) is 13.7 Å². The fraction of sp³-hybridized carbons (Fsp3) is 0.375. The Balaban J connectivity index is 2.89. The second-order valence-electron chi connectivity index (χ2n) is 2.20. The molecule has 62 valence electrons. The first-order valence-electron chi connectivity index (χ1n) is 3.70. The molecule has 4 heteroatoms. The van der Waals surface area contributed by atoms with E-state index in [1.807, 2.05) is 6.92 Å². The summed E-state index contributed by atoms with van der Waals surface area (Å²) in [5, 5.41) is 0. The van der Waals surface area contributed by atoms with Crippen molar-refractivity contribution in [2.45, 2.75) is 6.92 Å². The van der Waals surface area contributed by atoms with Crippen molar-refractivity contribution in [3.05, 3.63) is 12.3 Å². The number of hydrogen-bond donors (Lipinski definition) is 0. The summed E-state index contributed by atoms with van der Waals surface area (Å²) in [6, 6.07) is 1.67. The van der Waals surface area contributed by atoms with Crippen LogP contribution in [0.3, 0.4) is 0 Å². The van der Waals surface area contributed by atoms with Crippen molar-refractivity contribution in [2.75, 3.05) is 13.7 Å². The summed E-state index contributed by atoms with van der Waals surface area (Å²) in [5.41, 5.74) is 0.515. The average molecular weight is 163 g/mol. The molecule has 0 bridgehead atoms. The van der Waals surface area contributed by atoms with Crippen molar-refractivity contribution in [2.24, 2.45) is 0 Å². The predicted molar refractivity (Wildman–Crippen MR) is 47.3 cm³/mol. The number of ether oxygens (including phenoxy) is 2. The fourth-order valence-corrected chi connectivity index (χ4v) is 0.833. The zero-order chi connectivity index (χ0) is 8.97. The number of pyridine rings is 1. The van der Waals surface area contributed by atoms with Crippen molar-refractivity contribution < 1.29 is 9.47 Å². The molecule has 0 unspecified atom stereocenters. The number of aromatic nitrogens is 1. The molecule has 0 atom stereocenters. The van der Waals surface area contributed by atoms with Gasteiger partial charge >= 0.3 is 0 Å². The first-order chi connectivity index (χ1) is 5.77. The Hall–Kier alpha value is -1.19. The lowest BCUT2D eigenvalue weighted by atomic mass is 9.98. The lowest BCUT2D eigenvalue weighted by Gasteiger charge is -2.06. The van der Waals surface area contributed by atoms with E-state index < -0.39 is 0 Å². The molecule has 0 N–H and O–H groups in total. The van der Waals surface area contributed by atoms with Gasteiger partial charge in [-0.15, -0.1) is 0 Å². The summed E-state index contributed by atoms with van der Waals surface area (Å²) >= 11 is 0. The molecule has 0 aromatic carbocycles. The number of nitrogens with zero attached hydrogens (tertiary/aromatic N) is 1. The van der Waals surface area contributed by atoms with E-state index in [4.69, 9.17) is 17.3 Å². The summed E-state index contributed by atoms with van der Waals surface area (Å²) in [6.07, 6.45) is 1.52. The highest BCUT2D eigenvalue weighted by Crippen LogP contribution is 2.12. The van der Waals surface area contributed by atoms with Gasteiger partial charge in [0.15, 0.2) is 0 Å². The van der Waals surface area contributed by atoms with Crippen LogP contribution in [0.25, 0.3) is 0 Å². The molecule has 0 fully saturated rings. The van der Waals surface area contributed by atoms with Crippen molar-refractivity contribution in [3.63, 3.8) is 0 Å². The summed E-state index contributed by atoms with van der Waals surface area (Å²) in [7, 11) is 7.11. The van der Waals surface area contributed by atoms with Gasteiger partial charge in [0.1, 0.15) is 13.6 Å². The Kier molecular flexibility index (Phi) is 2.97. The van der Waals surface area contributed by atoms with E-state index in [0.717, 1.165) is 0 Å². The summed E-state index contributed by atoms with van der Waals surface area (Å²) in [5.74, 6) is 1.12. The van der Waals surface area contributed by atoms with Gasteiger partial charge < -0.3 is 9.47 Å². The molecule has 0 spiro atoms. The van der Waals surface area contributed by atoms with Crippen LogP contribution in [0.2, 0.25) is 0 Å². The summed E-state index contributed by atoms with van der Waals surface area (Å²) in [4.78, 5) is 3.95. The number of methoxy groups -OCH3 is 1. The van der Waals surface area contributed by atoms with Crippen LogP contribution in [0.5, 0.6) is 11.6 Å². The van der Waals surface area contributed by atoms with Crippen LogP contribution in [0.15, 0.2) is 12.3 Å². The molecular weight excluding hydrogens is 153 g/mol. The Labute approximate surface area is 73.1 Å². The van der Waals surface area contributed by atoms with Crippen LogP contribution in [0.1, 0.15) is 6.92 Å². The normalized spacial score (nSPS) is 9.50. The van der Waals surface area contributed by atoms with E-state index in [1.165, 1.54) is 6.20 Å². The quantitative estimate of drug-likeness (QED) is 0.599. The van der Waals surface area contributed by atoms with E-state index in [2.05, 4.69) is 4.98 Å². The molecule has 0 aliphatic carbocycles. The Bertz CT molecular complexity index is 265. The number of rotatable bonds is 3.